The molecule has 1 saturated carbocycles. The first kappa shape index (κ1) is 15.5. The zero-order chi connectivity index (χ0) is 13.4. The molecule has 0 heterocycles. The Hall–Kier alpha value is -0.570. The lowest BCUT2D eigenvalue weighted by atomic mass is 9.81. The van der Waals surface area contributed by atoms with Crippen molar-refractivity contribution in [3.8, 4) is 0 Å². The molecule has 0 aromatic heterocycles. The van der Waals surface area contributed by atoms with E-state index in [1.807, 2.05) is 13.8 Å². The fourth-order valence-corrected chi connectivity index (χ4v) is 2.61. The molecule has 0 aromatic carbocycles. The SMILES string of the molecule is CCOC(=O)C(C)CNCCC1CCC(C)CC1. The molecule has 0 spiro atoms. The molecule has 1 N–H and O–H groups in total. The van der Waals surface area contributed by atoms with Crippen molar-refractivity contribution in [3.05, 3.63) is 0 Å². The van der Waals surface area contributed by atoms with Crippen molar-refractivity contribution in [2.75, 3.05) is 19.7 Å². The average Bonchev–Trinajstić information content (AvgIpc) is 2.36. The summed E-state index contributed by atoms with van der Waals surface area (Å²) in [5.41, 5.74) is 0. The second-order valence-electron chi connectivity index (χ2n) is 5.77. The van der Waals surface area contributed by atoms with Crippen LogP contribution in [0.15, 0.2) is 0 Å². The van der Waals surface area contributed by atoms with Crippen LogP contribution < -0.4 is 5.32 Å². The van der Waals surface area contributed by atoms with Crippen LogP contribution in [-0.2, 0) is 9.53 Å². The molecule has 1 rings (SSSR count). The number of carbonyl (C=O) groups is 1. The molecule has 3 heteroatoms. The van der Waals surface area contributed by atoms with Gasteiger partial charge in [-0.05, 0) is 31.7 Å². The second-order valence-corrected chi connectivity index (χ2v) is 5.77. The number of hydrogen-bond acceptors (Lipinski definition) is 3. The van der Waals surface area contributed by atoms with Crippen LogP contribution >= 0.6 is 0 Å². The number of carbonyl (C=O) groups excluding carboxylic acids is 1. The summed E-state index contributed by atoms with van der Waals surface area (Å²) in [6, 6.07) is 0. The minimum absolute atomic E-state index is 0.0312. The van der Waals surface area contributed by atoms with Crippen molar-refractivity contribution < 1.29 is 9.53 Å². The maximum atomic E-state index is 11.4. The Morgan fingerprint density at radius 2 is 2.00 bits per heavy atom. The topological polar surface area (TPSA) is 38.3 Å². The van der Waals surface area contributed by atoms with E-state index in [4.69, 9.17) is 4.74 Å². The lowest BCUT2D eigenvalue weighted by Gasteiger charge is -2.26. The van der Waals surface area contributed by atoms with Gasteiger partial charge < -0.3 is 10.1 Å². The highest BCUT2D eigenvalue weighted by Gasteiger charge is 2.18. The van der Waals surface area contributed by atoms with Gasteiger partial charge in [0.1, 0.15) is 0 Å². The van der Waals surface area contributed by atoms with E-state index in [0.29, 0.717) is 6.61 Å². The zero-order valence-electron chi connectivity index (χ0n) is 12.2. The molecule has 0 amide bonds. The van der Waals surface area contributed by atoms with Gasteiger partial charge in [-0.2, -0.15) is 0 Å². The molecule has 0 bridgehead atoms. The molecule has 1 aliphatic carbocycles. The highest BCUT2D eigenvalue weighted by atomic mass is 16.5. The maximum absolute atomic E-state index is 11.4. The normalized spacial score (nSPS) is 25.7. The number of ether oxygens (including phenoxy) is 1. The van der Waals surface area contributed by atoms with Crippen LogP contribution in [-0.4, -0.2) is 25.7 Å². The third kappa shape index (κ3) is 5.85. The van der Waals surface area contributed by atoms with Crippen LogP contribution in [0.25, 0.3) is 0 Å². The van der Waals surface area contributed by atoms with Crippen molar-refractivity contribution in [3.63, 3.8) is 0 Å². The Kier molecular flexibility index (Phi) is 7.33. The summed E-state index contributed by atoms with van der Waals surface area (Å²) < 4.78 is 4.98. The van der Waals surface area contributed by atoms with Gasteiger partial charge in [0.05, 0.1) is 12.5 Å². The molecule has 0 radical (unpaired) electrons. The number of hydrogen-bond donors (Lipinski definition) is 1. The first-order chi connectivity index (χ1) is 8.63. The smallest absolute Gasteiger partial charge is 0.309 e. The van der Waals surface area contributed by atoms with Gasteiger partial charge >= 0.3 is 5.97 Å². The standard InChI is InChI=1S/C15H29NO2/c1-4-18-15(17)13(3)11-16-10-9-14-7-5-12(2)6-8-14/h12-14,16H,4-11H2,1-3H3. The third-order valence-corrected chi connectivity index (χ3v) is 4.00. The summed E-state index contributed by atoms with van der Waals surface area (Å²) in [5.74, 6) is 1.71. The van der Waals surface area contributed by atoms with Gasteiger partial charge in [-0.1, -0.05) is 39.5 Å². The van der Waals surface area contributed by atoms with Gasteiger partial charge in [0.2, 0.25) is 0 Å². The molecular formula is C15H29NO2. The van der Waals surface area contributed by atoms with E-state index in [2.05, 4.69) is 12.2 Å². The fraction of sp³-hybridized carbons (Fsp3) is 0.933. The molecule has 1 aliphatic rings. The van der Waals surface area contributed by atoms with E-state index >= 15 is 0 Å². The lowest BCUT2D eigenvalue weighted by Crippen LogP contribution is -2.29. The second kappa shape index (κ2) is 8.52. The van der Waals surface area contributed by atoms with E-state index in [1.165, 1.54) is 32.1 Å². The molecule has 1 unspecified atom stereocenters. The Morgan fingerprint density at radius 3 is 2.61 bits per heavy atom. The van der Waals surface area contributed by atoms with Crippen LogP contribution in [0.2, 0.25) is 0 Å². The molecule has 106 valence electrons. The van der Waals surface area contributed by atoms with E-state index in [-0.39, 0.29) is 11.9 Å². The van der Waals surface area contributed by atoms with Crippen LogP contribution in [0.4, 0.5) is 0 Å². The predicted octanol–water partition coefficient (Wildman–Crippen LogP) is 2.99. The van der Waals surface area contributed by atoms with Crippen LogP contribution in [0.3, 0.4) is 0 Å². The van der Waals surface area contributed by atoms with E-state index in [9.17, 15) is 4.79 Å². The highest BCUT2D eigenvalue weighted by molar-refractivity contribution is 5.72. The van der Waals surface area contributed by atoms with Gasteiger partial charge in [-0.15, -0.1) is 0 Å². The Labute approximate surface area is 112 Å². The highest BCUT2D eigenvalue weighted by Crippen LogP contribution is 2.29. The van der Waals surface area contributed by atoms with E-state index in [0.717, 1.165) is 24.9 Å². The molecule has 0 saturated heterocycles. The van der Waals surface area contributed by atoms with Crippen LogP contribution in [0.5, 0.6) is 0 Å². The summed E-state index contributed by atoms with van der Waals surface area (Å²) in [6.07, 6.45) is 6.81. The lowest BCUT2D eigenvalue weighted by molar-refractivity contribution is -0.147. The van der Waals surface area contributed by atoms with Crippen LogP contribution in [0.1, 0.15) is 52.9 Å². The minimum atomic E-state index is -0.0866. The average molecular weight is 255 g/mol. The van der Waals surface area contributed by atoms with E-state index < -0.39 is 0 Å². The zero-order valence-corrected chi connectivity index (χ0v) is 12.2. The molecule has 18 heavy (non-hydrogen) atoms. The molecular weight excluding hydrogens is 226 g/mol. The Morgan fingerprint density at radius 1 is 1.33 bits per heavy atom. The van der Waals surface area contributed by atoms with Crippen molar-refractivity contribution >= 4 is 5.97 Å². The number of rotatable bonds is 7. The molecule has 1 atom stereocenters. The van der Waals surface area contributed by atoms with Gasteiger partial charge in [-0.3, -0.25) is 4.79 Å². The van der Waals surface area contributed by atoms with Gasteiger partial charge in [-0.25, -0.2) is 0 Å². The van der Waals surface area contributed by atoms with Crippen LogP contribution in [0, 0.1) is 17.8 Å². The van der Waals surface area contributed by atoms with Gasteiger partial charge in [0.25, 0.3) is 0 Å². The van der Waals surface area contributed by atoms with Crippen molar-refractivity contribution in [1.29, 1.82) is 0 Å². The number of esters is 1. The largest absolute Gasteiger partial charge is 0.466 e. The van der Waals surface area contributed by atoms with Crippen molar-refractivity contribution in [2.24, 2.45) is 17.8 Å². The maximum Gasteiger partial charge on any atom is 0.309 e. The summed E-state index contributed by atoms with van der Waals surface area (Å²) >= 11 is 0. The molecule has 0 aromatic rings. The first-order valence-corrected chi connectivity index (χ1v) is 7.50. The predicted molar refractivity (Wildman–Crippen MR) is 74.4 cm³/mol. The summed E-state index contributed by atoms with van der Waals surface area (Å²) in [4.78, 5) is 11.4. The first-order valence-electron chi connectivity index (χ1n) is 7.50. The van der Waals surface area contributed by atoms with Crippen molar-refractivity contribution in [1.82, 2.24) is 5.32 Å². The molecule has 3 nitrogen and oxygen atoms in total. The van der Waals surface area contributed by atoms with E-state index in [1.54, 1.807) is 0 Å². The van der Waals surface area contributed by atoms with Gasteiger partial charge in [0.15, 0.2) is 0 Å². The quantitative estimate of drug-likeness (QED) is 0.561. The summed E-state index contributed by atoms with van der Waals surface area (Å²) in [5, 5.41) is 3.38. The summed E-state index contributed by atoms with van der Waals surface area (Å²) in [7, 11) is 0. The molecule has 0 aliphatic heterocycles. The Balaban J connectivity index is 2.02. The minimum Gasteiger partial charge on any atom is -0.466 e. The number of nitrogens with one attached hydrogen (secondary N) is 1. The Bertz CT molecular complexity index is 235. The molecule has 1 fully saturated rings. The van der Waals surface area contributed by atoms with Gasteiger partial charge in [0, 0.05) is 6.54 Å². The fourth-order valence-electron chi connectivity index (χ4n) is 2.61. The summed E-state index contributed by atoms with van der Waals surface area (Å²) in [6.45, 7) is 8.37. The van der Waals surface area contributed by atoms with Crippen molar-refractivity contribution in [2.45, 2.75) is 52.9 Å². The third-order valence-electron chi connectivity index (χ3n) is 4.00. The monoisotopic (exact) mass is 255 g/mol.